The van der Waals surface area contributed by atoms with Crippen molar-refractivity contribution < 1.29 is 0 Å². The van der Waals surface area contributed by atoms with Gasteiger partial charge in [-0.25, -0.2) is 0 Å². The summed E-state index contributed by atoms with van der Waals surface area (Å²) in [6, 6.07) is 16.0. The van der Waals surface area contributed by atoms with Crippen molar-refractivity contribution in [1.29, 1.82) is 0 Å². The standard InChI is InChI=1S/C16H19NSi/c1-4-14-8-10-16(11-9-14)18(2,3)13-15-7-5-6-12-17-15/h4-12H,1,13H2,2-3H3. The number of hydrogen-bond donors (Lipinski definition) is 0. The molecule has 0 amide bonds. The number of pyridine rings is 1. The fourth-order valence-corrected chi connectivity index (χ4v) is 4.52. The largest absolute Gasteiger partial charge is 0.262 e. The van der Waals surface area contributed by atoms with Crippen LogP contribution in [0.5, 0.6) is 0 Å². The van der Waals surface area contributed by atoms with Crippen LogP contribution in [0.15, 0.2) is 55.2 Å². The summed E-state index contributed by atoms with van der Waals surface area (Å²) in [5.74, 6) is 0. The molecule has 92 valence electrons. The Balaban J connectivity index is 2.21. The molecular weight excluding hydrogens is 234 g/mol. The Morgan fingerprint density at radius 2 is 1.83 bits per heavy atom. The van der Waals surface area contributed by atoms with E-state index in [9.17, 15) is 0 Å². The second-order valence-corrected chi connectivity index (χ2v) is 9.91. The van der Waals surface area contributed by atoms with Crippen molar-refractivity contribution >= 4 is 19.3 Å². The van der Waals surface area contributed by atoms with Crippen molar-refractivity contribution in [2.75, 3.05) is 0 Å². The number of nitrogens with zero attached hydrogens (tertiary/aromatic N) is 1. The van der Waals surface area contributed by atoms with Crippen LogP contribution in [-0.4, -0.2) is 13.1 Å². The van der Waals surface area contributed by atoms with Crippen molar-refractivity contribution in [1.82, 2.24) is 4.98 Å². The van der Waals surface area contributed by atoms with Gasteiger partial charge in [-0.1, -0.05) is 61.3 Å². The van der Waals surface area contributed by atoms with E-state index in [1.807, 2.05) is 18.3 Å². The lowest BCUT2D eigenvalue weighted by atomic mass is 10.2. The average Bonchev–Trinajstić information content (AvgIpc) is 2.39. The summed E-state index contributed by atoms with van der Waals surface area (Å²) in [6.45, 7) is 8.58. The zero-order valence-electron chi connectivity index (χ0n) is 11.1. The summed E-state index contributed by atoms with van der Waals surface area (Å²) < 4.78 is 0. The Bertz CT molecular complexity index is 515. The van der Waals surface area contributed by atoms with Gasteiger partial charge < -0.3 is 0 Å². The molecule has 1 aromatic heterocycles. The predicted octanol–water partition coefficient (Wildman–Crippen LogP) is 3.42. The molecule has 0 unspecified atom stereocenters. The van der Waals surface area contributed by atoms with Crippen LogP contribution in [0.3, 0.4) is 0 Å². The maximum atomic E-state index is 4.44. The average molecular weight is 253 g/mol. The predicted molar refractivity (Wildman–Crippen MR) is 81.6 cm³/mol. The van der Waals surface area contributed by atoms with E-state index in [2.05, 4.69) is 61.1 Å². The highest BCUT2D eigenvalue weighted by molar-refractivity contribution is 6.89. The smallest absolute Gasteiger partial charge is 0.0864 e. The first-order valence-corrected chi connectivity index (χ1v) is 9.45. The zero-order valence-corrected chi connectivity index (χ0v) is 12.1. The second-order valence-electron chi connectivity index (χ2n) is 5.21. The molecule has 0 aliphatic carbocycles. The van der Waals surface area contributed by atoms with Gasteiger partial charge in [0.1, 0.15) is 0 Å². The van der Waals surface area contributed by atoms with Crippen molar-refractivity contribution in [3.8, 4) is 0 Å². The Morgan fingerprint density at radius 3 is 2.39 bits per heavy atom. The lowest BCUT2D eigenvalue weighted by molar-refractivity contribution is 1.14. The van der Waals surface area contributed by atoms with E-state index in [4.69, 9.17) is 0 Å². The molecule has 0 spiro atoms. The van der Waals surface area contributed by atoms with E-state index in [-0.39, 0.29) is 0 Å². The molecule has 0 radical (unpaired) electrons. The van der Waals surface area contributed by atoms with E-state index in [1.165, 1.54) is 16.4 Å². The lowest BCUT2D eigenvalue weighted by Gasteiger charge is -2.22. The van der Waals surface area contributed by atoms with Crippen LogP contribution >= 0.6 is 0 Å². The van der Waals surface area contributed by atoms with E-state index in [1.54, 1.807) is 0 Å². The third-order valence-electron chi connectivity index (χ3n) is 3.28. The van der Waals surface area contributed by atoms with Crippen LogP contribution in [0, 0.1) is 0 Å². The molecule has 2 rings (SSSR count). The number of aromatic nitrogens is 1. The summed E-state index contributed by atoms with van der Waals surface area (Å²) >= 11 is 0. The van der Waals surface area contributed by atoms with Gasteiger partial charge in [-0.15, -0.1) is 0 Å². The molecule has 2 heteroatoms. The van der Waals surface area contributed by atoms with E-state index in [0.717, 1.165) is 6.04 Å². The Labute approximate surface area is 110 Å². The Kier molecular flexibility index (Phi) is 3.77. The molecule has 1 heterocycles. The third kappa shape index (κ3) is 2.96. The van der Waals surface area contributed by atoms with Crippen molar-refractivity contribution in [3.63, 3.8) is 0 Å². The monoisotopic (exact) mass is 253 g/mol. The Morgan fingerprint density at radius 1 is 1.11 bits per heavy atom. The zero-order chi connectivity index (χ0) is 13.0. The summed E-state index contributed by atoms with van der Waals surface area (Å²) in [5.41, 5.74) is 2.38. The fraction of sp³-hybridized carbons (Fsp3) is 0.188. The number of hydrogen-bond acceptors (Lipinski definition) is 1. The summed E-state index contributed by atoms with van der Waals surface area (Å²) in [5, 5.41) is 1.47. The van der Waals surface area contributed by atoms with Gasteiger partial charge in [-0.2, -0.15) is 0 Å². The minimum atomic E-state index is -1.45. The van der Waals surface area contributed by atoms with Crippen LogP contribution in [0.25, 0.3) is 6.08 Å². The van der Waals surface area contributed by atoms with Gasteiger partial charge in [0.05, 0.1) is 8.07 Å². The van der Waals surface area contributed by atoms with Gasteiger partial charge in [-0.3, -0.25) is 4.98 Å². The SMILES string of the molecule is C=Cc1ccc([Si](C)(C)Cc2ccccn2)cc1. The molecule has 0 atom stereocenters. The normalized spacial score (nSPS) is 11.2. The maximum Gasteiger partial charge on any atom is 0.0864 e. The van der Waals surface area contributed by atoms with Gasteiger partial charge in [0.2, 0.25) is 0 Å². The van der Waals surface area contributed by atoms with Crippen molar-refractivity contribution in [2.24, 2.45) is 0 Å². The molecule has 0 fully saturated rings. The third-order valence-corrected chi connectivity index (χ3v) is 6.42. The maximum absolute atomic E-state index is 4.44. The highest BCUT2D eigenvalue weighted by Crippen LogP contribution is 2.11. The molecule has 18 heavy (non-hydrogen) atoms. The molecule has 0 saturated heterocycles. The first-order valence-electron chi connectivity index (χ1n) is 6.25. The van der Waals surface area contributed by atoms with Gasteiger partial charge in [0.25, 0.3) is 0 Å². The molecule has 2 aromatic rings. The van der Waals surface area contributed by atoms with Gasteiger partial charge in [0, 0.05) is 11.9 Å². The molecule has 0 N–H and O–H groups in total. The number of benzene rings is 1. The van der Waals surface area contributed by atoms with E-state index in [0.29, 0.717) is 0 Å². The minimum absolute atomic E-state index is 1.08. The molecule has 0 aliphatic heterocycles. The van der Waals surface area contributed by atoms with Crippen molar-refractivity contribution in [3.05, 3.63) is 66.5 Å². The molecule has 0 aliphatic rings. The molecule has 0 bridgehead atoms. The van der Waals surface area contributed by atoms with Crippen LogP contribution in [0.2, 0.25) is 13.1 Å². The summed E-state index contributed by atoms with van der Waals surface area (Å²) in [7, 11) is -1.45. The quantitative estimate of drug-likeness (QED) is 0.761. The molecule has 1 nitrogen and oxygen atoms in total. The highest BCUT2D eigenvalue weighted by Gasteiger charge is 2.24. The summed E-state index contributed by atoms with van der Waals surface area (Å²) in [4.78, 5) is 4.44. The van der Waals surface area contributed by atoms with Crippen LogP contribution < -0.4 is 5.19 Å². The topological polar surface area (TPSA) is 12.9 Å². The minimum Gasteiger partial charge on any atom is -0.262 e. The van der Waals surface area contributed by atoms with E-state index < -0.39 is 8.07 Å². The molecule has 1 aromatic carbocycles. The highest BCUT2D eigenvalue weighted by atomic mass is 28.3. The van der Waals surface area contributed by atoms with Gasteiger partial charge >= 0.3 is 0 Å². The number of rotatable bonds is 4. The Hall–Kier alpha value is -1.67. The first kappa shape index (κ1) is 12.8. The van der Waals surface area contributed by atoms with Gasteiger partial charge in [0.15, 0.2) is 0 Å². The van der Waals surface area contributed by atoms with Crippen LogP contribution in [0.4, 0.5) is 0 Å². The fourth-order valence-electron chi connectivity index (χ4n) is 2.13. The molecule has 0 saturated carbocycles. The van der Waals surface area contributed by atoms with Crippen LogP contribution in [-0.2, 0) is 6.04 Å². The summed E-state index contributed by atoms with van der Waals surface area (Å²) in [6.07, 6.45) is 3.76. The van der Waals surface area contributed by atoms with Gasteiger partial charge in [-0.05, 0) is 23.7 Å². The first-order chi connectivity index (χ1) is 8.62. The van der Waals surface area contributed by atoms with E-state index >= 15 is 0 Å². The lowest BCUT2D eigenvalue weighted by Crippen LogP contribution is -2.44. The molecular formula is C16H19NSi. The second kappa shape index (κ2) is 5.32. The van der Waals surface area contributed by atoms with Crippen molar-refractivity contribution in [2.45, 2.75) is 19.1 Å². The van der Waals surface area contributed by atoms with Crippen LogP contribution in [0.1, 0.15) is 11.3 Å².